The first kappa shape index (κ1) is 21.5. The number of carbonyl (C=O) groups excluding carboxylic acids is 3. The number of benzene rings is 1. The van der Waals surface area contributed by atoms with Crippen LogP contribution < -0.4 is 10.9 Å². The van der Waals surface area contributed by atoms with E-state index in [9.17, 15) is 28.7 Å². The van der Waals surface area contributed by atoms with Gasteiger partial charge in [-0.2, -0.15) is 0 Å². The molecule has 0 aliphatic carbocycles. The van der Waals surface area contributed by atoms with Gasteiger partial charge < -0.3 is 19.1 Å². The minimum Gasteiger partial charge on any atom is -0.458 e. The summed E-state index contributed by atoms with van der Waals surface area (Å²) < 4.78 is 25.8. The number of rotatable bonds is 4. The van der Waals surface area contributed by atoms with E-state index in [4.69, 9.17) is 9.47 Å². The van der Waals surface area contributed by atoms with Crippen LogP contribution in [0.2, 0.25) is 0 Å². The van der Waals surface area contributed by atoms with E-state index in [0.717, 1.165) is 6.07 Å². The number of anilines is 1. The molecule has 2 aliphatic heterocycles. The third kappa shape index (κ3) is 3.42. The Morgan fingerprint density at radius 2 is 2.15 bits per heavy atom. The predicted octanol–water partition coefficient (Wildman–Crippen LogP) is 1.96. The van der Waals surface area contributed by atoms with Gasteiger partial charge in [0.15, 0.2) is 6.10 Å². The van der Waals surface area contributed by atoms with E-state index in [0.29, 0.717) is 28.6 Å². The molecule has 1 amide bonds. The lowest BCUT2D eigenvalue weighted by Crippen LogP contribution is -2.32. The Morgan fingerprint density at radius 3 is 2.91 bits per heavy atom. The van der Waals surface area contributed by atoms with Crippen molar-refractivity contribution in [2.45, 2.75) is 19.3 Å². The van der Waals surface area contributed by atoms with Crippen LogP contribution in [0.25, 0.3) is 22.3 Å². The quantitative estimate of drug-likeness (QED) is 0.265. The lowest BCUT2D eigenvalue weighted by Gasteiger charge is -2.21. The Balaban J connectivity index is 1.52. The number of aliphatic hydroxyl groups is 1. The number of hydrogen-bond donors (Lipinski definition) is 2. The zero-order valence-electron chi connectivity index (χ0n) is 17.5. The largest absolute Gasteiger partial charge is 0.458 e. The summed E-state index contributed by atoms with van der Waals surface area (Å²) in [6, 6.07) is 5.75. The van der Waals surface area contributed by atoms with E-state index >= 15 is 0 Å². The Bertz CT molecular complexity index is 1490. The standard InChI is InChI=1S/C23H16FN3O7/c1-10(7-28)8-34-23(32)26-17-3-11-2-12-6-27-18(19(12)25-16(11)5-15(17)24)4-13-14(21(27)30)9-33-22(31)20(13)29/h2-5,7,20,29H,1,6,8-9H2,(H,26,32). The SMILES string of the molecule is C=C(C=O)COC(=O)Nc1cc2cc3c(nc2cc1F)-c1cc2c(c(=O)n1C3)COC(=O)C2O. The molecule has 5 rings (SSSR count). The molecule has 2 aliphatic rings. The Hall–Kier alpha value is -4.38. The summed E-state index contributed by atoms with van der Waals surface area (Å²) in [6.07, 6.45) is -2.08. The van der Waals surface area contributed by atoms with Gasteiger partial charge in [0.2, 0.25) is 0 Å². The second kappa shape index (κ2) is 7.89. The Kier molecular flexibility index (Phi) is 4.98. The smallest absolute Gasteiger partial charge is 0.412 e. The van der Waals surface area contributed by atoms with E-state index in [-0.39, 0.29) is 47.7 Å². The molecule has 1 aromatic carbocycles. The van der Waals surface area contributed by atoms with Gasteiger partial charge in [0.25, 0.3) is 5.56 Å². The molecule has 0 fully saturated rings. The third-order valence-electron chi connectivity index (χ3n) is 5.66. The molecule has 11 heteroatoms. The Morgan fingerprint density at radius 1 is 1.35 bits per heavy atom. The number of nitrogens with zero attached hydrogens (tertiary/aromatic N) is 2. The number of aromatic nitrogens is 2. The van der Waals surface area contributed by atoms with Gasteiger partial charge in [-0.1, -0.05) is 6.58 Å². The van der Waals surface area contributed by atoms with Crippen LogP contribution in [0.3, 0.4) is 0 Å². The first-order chi connectivity index (χ1) is 16.3. The second-order valence-corrected chi connectivity index (χ2v) is 7.86. The van der Waals surface area contributed by atoms with Gasteiger partial charge in [0.1, 0.15) is 25.3 Å². The maximum atomic E-state index is 14.7. The summed E-state index contributed by atoms with van der Waals surface area (Å²) in [5.74, 6) is -1.61. The number of pyridine rings is 2. The number of hydrogen-bond acceptors (Lipinski definition) is 8. The van der Waals surface area contributed by atoms with Gasteiger partial charge in [-0.25, -0.2) is 19.0 Å². The average molecular weight is 465 g/mol. The van der Waals surface area contributed by atoms with E-state index < -0.39 is 29.5 Å². The normalized spacial score (nSPS) is 15.7. The topological polar surface area (TPSA) is 137 Å². The van der Waals surface area contributed by atoms with E-state index in [1.54, 1.807) is 6.07 Å². The molecule has 0 saturated carbocycles. The molecule has 0 radical (unpaired) electrons. The highest BCUT2D eigenvalue weighted by Crippen LogP contribution is 2.36. The van der Waals surface area contributed by atoms with Crippen LogP contribution in [0.5, 0.6) is 0 Å². The fourth-order valence-electron chi connectivity index (χ4n) is 3.99. The maximum Gasteiger partial charge on any atom is 0.412 e. The van der Waals surface area contributed by atoms with Crippen LogP contribution in [0.4, 0.5) is 14.9 Å². The van der Waals surface area contributed by atoms with Crippen molar-refractivity contribution in [3.63, 3.8) is 0 Å². The molecule has 2 aromatic heterocycles. The number of carbonyl (C=O) groups is 3. The zero-order valence-corrected chi connectivity index (χ0v) is 17.5. The van der Waals surface area contributed by atoms with Crippen molar-refractivity contribution in [3.05, 3.63) is 69.3 Å². The fraction of sp³-hybridized carbons (Fsp3) is 0.174. The Labute approximate surface area is 190 Å². The summed E-state index contributed by atoms with van der Waals surface area (Å²) in [5, 5.41) is 12.9. The van der Waals surface area contributed by atoms with Crippen LogP contribution in [0.15, 0.2) is 41.2 Å². The van der Waals surface area contributed by atoms with Crippen LogP contribution in [0, 0.1) is 5.82 Å². The summed E-state index contributed by atoms with van der Waals surface area (Å²) in [4.78, 5) is 51.6. The third-order valence-corrected chi connectivity index (χ3v) is 5.66. The lowest BCUT2D eigenvalue weighted by molar-refractivity contribution is -0.157. The molecule has 0 saturated heterocycles. The number of fused-ring (bicyclic) bond motifs is 5. The molecule has 3 aromatic rings. The van der Waals surface area contributed by atoms with Gasteiger partial charge in [-0.05, 0) is 18.2 Å². The highest BCUT2D eigenvalue weighted by molar-refractivity contribution is 5.92. The molecule has 0 bridgehead atoms. The number of halogens is 1. The predicted molar refractivity (Wildman–Crippen MR) is 115 cm³/mol. The number of aldehydes is 1. The summed E-state index contributed by atoms with van der Waals surface area (Å²) in [7, 11) is 0. The number of nitrogens with one attached hydrogen (secondary N) is 1. The van der Waals surface area contributed by atoms with Crippen molar-refractivity contribution < 1.29 is 33.4 Å². The van der Waals surface area contributed by atoms with E-state index in [1.807, 2.05) is 0 Å². The lowest BCUT2D eigenvalue weighted by atomic mass is 10.0. The zero-order chi connectivity index (χ0) is 24.1. The molecule has 172 valence electrons. The number of amides is 1. The van der Waals surface area contributed by atoms with Crippen LogP contribution in [0.1, 0.15) is 22.8 Å². The van der Waals surface area contributed by atoms with Gasteiger partial charge in [-0.15, -0.1) is 0 Å². The number of ether oxygens (including phenoxy) is 2. The molecule has 1 unspecified atom stereocenters. The van der Waals surface area contributed by atoms with Crippen molar-refractivity contribution in [2.24, 2.45) is 0 Å². The number of esters is 1. The molecule has 2 N–H and O–H groups in total. The monoisotopic (exact) mass is 465 g/mol. The van der Waals surface area contributed by atoms with Crippen LogP contribution in [-0.2, 0) is 32.2 Å². The molecular formula is C23H16FN3O7. The van der Waals surface area contributed by atoms with Crippen molar-refractivity contribution >= 4 is 34.9 Å². The average Bonchev–Trinajstić information content (AvgIpc) is 3.17. The van der Waals surface area contributed by atoms with E-state index in [1.165, 1.54) is 16.7 Å². The molecule has 1 atom stereocenters. The number of cyclic esters (lactones) is 1. The molecule has 0 spiro atoms. The first-order valence-corrected chi connectivity index (χ1v) is 10.1. The van der Waals surface area contributed by atoms with Crippen molar-refractivity contribution in [2.75, 3.05) is 11.9 Å². The van der Waals surface area contributed by atoms with Gasteiger partial charge in [-0.3, -0.25) is 14.9 Å². The molecule has 34 heavy (non-hydrogen) atoms. The minimum absolute atomic E-state index is 0.0498. The fourth-order valence-corrected chi connectivity index (χ4v) is 3.99. The van der Waals surface area contributed by atoms with Crippen molar-refractivity contribution in [1.82, 2.24) is 9.55 Å². The highest BCUT2D eigenvalue weighted by atomic mass is 19.1. The summed E-state index contributed by atoms with van der Waals surface area (Å²) in [5.41, 5.74) is 1.60. The number of aliphatic hydroxyl groups excluding tert-OH is 1. The van der Waals surface area contributed by atoms with Gasteiger partial charge in [0, 0.05) is 28.2 Å². The second-order valence-electron chi connectivity index (χ2n) is 7.86. The highest BCUT2D eigenvalue weighted by Gasteiger charge is 2.33. The molecular weight excluding hydrogens is 449 g/mol. The van der Waals surface area contributed by atoms with Crippen LogP contribution in [-0.4, -0.2) is 39.6 Å². The van der Waals surface area contributed by atoms with Gasteiger partial charge in [0.05, 0.1) is 34.7 Å². The molecule has 10 nitrogen and oxygen atoms in total. The van der Waals surface area contributed by atoms with E-state index in [2.05, 4.69) is 16.9 Å². The van der Waals surface area contributed by atoms with Gasteiger partial charge >= 0.3 is 12.1 Å². The first-order valence-electron chi connectivity index (χ1n) is 10.1. The molecule has 4 heterocycles. The van der Waals surface area contributed by atoms with Crippen molar-refractivity contribution in [3.8, 4) is 11.4 Å². The maximum absolute atomic E-state index is 14.7. The summed E-state index contributed by atoms with van der Waals surface area (Å²) in [6.45, 7) is 3.00. The minimum atomic E-state index is -1.57. The van der Waals surface area contributed by atoms with Crippen molar-refractivity contribution in [1.29, 1.82) is 0 Å². The van der Waals surface area contributed by atoms with Crippen LogP contribution >= 0.6 is 0 Å². The summed E-state index contributed by atoms with van der Waals surface area (Å²) >= 11 is 0.